The third-order valence-corrected chi connectivity index (χ3v) is 2.23. The van der Waals surface area contributed by atoms with E-state index in [9.17, 15) is 10.1 Å². The third-order valence-electron chi connectivity index (χ3n) is 1.91. The molecule has 1 aromatic rings. The average Bonchev–Trinajstić information content (AvgIpc) is 2.09. The van der Waals surface area contributed by atoms with Gasteiger partial charge in [-0.15, -0.1) is 0 Å². The van der Waals surface area contributed by atoms with Gasteiger partial charge in [0.05, 0.1) is 15.6 Å². The van der Waals surface area contributed by atoms with Crippen LogP contribution in [0.1, 0.15) is 5.56 Å². The minimum absolute atomic E-state index is 0.0330. The second-order valence-electron chi connectivity index (χ2n) is 2.82. The number of hydrogen-bond donors (Lipinski definition) is 2. The van der Waals surface area contributed by atoms with Crippen LogP contribution in [-0.4, -0.2) is 12.0 Å². The van der Waals surface area contributed by atoms with Crippen LogP contribution in [0.25, 0.3) is 0 Å². The maximum absolute atomic E-state index is 10.7. The first-order valence-electron chi connectivity index (χ1n) is 3.89. The monoisotopic (exact) mass is 215 g/mol. The van der Waals surface area contributed by atoms with Crippen LogP contribution in [0.4, 0.5) is 17.1 Å². The second-order valence-corrected chi connectivity index (χ2v) is 3.23. The second kappa shape index (κ2) is 3.71. The Balaban J connectivity index is 3.55. The standard InChI is InChI=1S/C8H10ClN3O2/c1-4-3-5(9)6(10)7(11-2)8(4)12(13)14/h3,11H,10H2,1-2H3. The molecule has 76 valence electrons. The van der Waals surface area contributed by atoms with Crippen LogP contribution in [0.15, 0.2) is 6.07 Å². The summed E-state index contributed by atoms with van der Waals surface area (Å²) in [6, 6.07) is 1.48. The van der Waals surface area contributed by atoms with Crippen molar-refractivity contribution >= 4 is 28.7 Å². The number of benzene rings is 1. The van der Waals surface area contributed by atoms with E-state index < -0.39 is 4.92 Å². The summed E-state index contributed by atoms with van der Waals surface area (Å²) in [6.45, 7) is 1.62. The first-order valence-corrected chi connectivity index (χ1v) is 4.27. The topological polar surface area (TPSA) is 81.2 Å². The van der Waals surface area contributed by atoms with Crippen molar-refractivity contribution in [2.75, 3.05) is 18.1 Å². The summed E-state index contributed by atoms with van der Waals surface area (Å²) in [5.41, 5.74) is 6.52. The molecule has 0 aromatic heterocycles. The lowest BCUT2D eigenvalue weighted by molar-refractivity contribution is -0.384. The first kappa shape index (κ1) is 10.6. The highest BCUT2D eigenvalue weighted by atomic mass is 35.5. The highest BCUT2D eigenvalue weighted by molar-refractivity contribution is 6.34. The van der Waals surface area contributed by atoms with E-state index in [2.05, 4.69) is 5.32 Å². The van der Waals surface area contributed by atoms with Crippen molar-refractivity contribution in [3.63, 3.8) is 0 Å². The van der Waals surface area contributed by atoms with Gasteiger partial charge in [-0.3, -0.25) is 10.1 Å². The highest BCUT2D eigenvalue weighted by Crippen LogP contribution is 2.38. The molecule has 6 heteroatoms. The summed E-state index contributed by atoms with van der Waals surface area (Å²) in [5.74, 6) is 0. The van der Waals surface area contributed by atoms with Crippen LogP contribution in [0.2, 0.25) is 5.02 Å². The number of nitrogens with one attached hydrogen (secondary N) is 1. The highest BCUT2D eigenvalue weighted by Gasteiger charge is 2.21. The lowest BCUT2D eigenvalue weighted by atomic mass is 10.1. The van der Waals surface area contributed by atoms with E-state index in [1.54, 1.807) is 14.0 Å². The molecule has 14 heavy (non-hydrogen) atoms. The van der Waals surface area contributed by atoms with Crippen LogP contribution >= 0.6 is 11.6 Å². The van der Waals surface area contributed by atoms with Crippen molar-refractivity contribution in [2.24, 2.45) is 0 Å². The Kier molecular flexibility index (Phi) is 2.81. The van der Waals surface area contributed by atoms with E-state index in [4.69, 9.17) is 17.3 Å². The van der Waals surface area contributed by atoms with Crippen molar-refractivity contribution in [1.29, 1.82) is 0 Å². The molecular weight excluding hydrogens is 206 g/mol. The molecule has 0 fully saturated rings. The van der Waals surface area contributed by atoms with Crippen LogP contribution < -0.4 is 11.1 Å². The molecule has 0 unspecified atom stereocenters. The van der Waals surface area contributed by atoms with E-state index >= 15 is 0 Å². The van der Waals surface area contributed by atoms with Gasteiger partial charge in [0.2, 0.25) is 0 Å². The summed E-state index contributed by atoms with van der Waals surface area (Å²) in [5, 5.41) is 13.7. The van der Waals surface area contributed by atoms with Crippen molar-refractivity contribution in [2.45, 2.75) is 6.92 Å². The van der Waals surface area contributed by atoms with E-state index in [0.29, 0.717) is 10.6 Å². The van der Waals surface area contributed by atoms with Gasteiger partial charge >= 0.3 is 0 Å². The van der Waals surface area contributed by atoms with Gasteiger partial charge in [0, 0.05) is 12.6 Å². The van der Waals surface area contributed by atoms with Crippen molar-refractivity contribution in [3.05, 3.63) is 26.8 Å². The number of rotatable bonds is 2. The summed E-state index contributed by atoms with van der Waals surface area (Å²) >= 11 is 5.79. The molecule has 0 heterocycles. The molecule has 3 N–H and O–H groups in total. The van der Waals surface area contributed by atoms with Gasteiger partial charge < -0.3 is 11.1 Å². The van der Waals surface area contributed by atoms with Gasteiger partial charge in [-0.05, 0) is 13.0 Å². The minimum atomic E-state index is -0.478. The maximum Gasteiger partial charge on any atom is 0.297 e. The van der Waals surface area contributed by atoms with Gasteiger partial charge in [0.15, 0.2) is 0 Å². The Morgan fingerprint density at radius 3 is 2.64 bits per heavy atom. The van der Waals surface area contributed by atoms with Gasteiger partial charge in [0.1, 0.15) is 5.69 Å². The fourth-order valence-corrected chi connectivity index (χ4v) is 1.53. The molecule has 0 aliphatic carbocycles. The Morgan fingerprint density at radius 2 is 2.21 bits per heavy atom. The summed E-state index contributed by atoms with van der Waals surface area (Å²) in [7, 11) is 1.56. The quantitative estimate of drug-likeness (QED) is 0.450. The predicted octanol–water partition coefficient (Wildman–Crippen LogP) is 2.18. The number of hydrogen-bond acceptors (Lipinski definition) is 4. The lowest BCUT2D eigenvalue weighted by Gasteiger charge is -2.09. The molecule has 1 aromatic carbocycles. The zero-order valence-electron chi connectivity index (χ0n) is 7.80. The first-order chi connectivity index (χ1) is 6.49. The maximum atomic E-state index is 10.7. The molecule has 0 saturated carbocycles. The number of nitrogen functional groups attached to an aromatic ring is 1. The van der Waals surface area contributed by atoms with E-state index in [0.717, 1.165) is 0 Å². The van der Waals surface area contributed by atoms with Crippen molar-refractivity contribution in [1.82, 2.24) is 0 Å². The molecule has 0 atom stereocenters. The Morgan fingerprint density at radius 1 is 1.64 bits per heavy atom. The van der Waals surface area contributed by atoms with Crippen LogP contribution in [0, 0.1) is 17.0 Å². The van der Waals surface area contributed by atoms with Gasteiger partial charge in [0.25, 0.3) is 5.69 Å². The normalized spacial score (nSPS) is 9.93. The van der Waals surface area contributed by atoms with Crippen LogP contribution in [0.5, 0.6) is 0 Å². The van der Waals surface area contributed by atoms with Crippen molar-refractivity contribution < 1.29 is 4.92 Å². The number of halogens is 1. The van der Waals surface area contributed by atoms with E-state index in [-0.39, 0.29) is 17.1 Å². The lowest BCUT2D eigenvalue weighted by Crippen LogP contribution is -2.03. The number of nitrogens with two attached hydrogens (primary N) is 1. The van der Waals surface area contributed by atoms with Gasteiger partial charge in [-0.1, -0.05) is 11.6 Å². The summed E-state index contributed by atoms with van der Waals surface area (Å²) < 4.78 is 0. The fraction of sp³-hybridized carbons (Fsp3) is 0.250. The molecule has 0 radical (unpaired) electrons. The third kappa shape index (κ3) is 1.58. The number of nitro groups is 1. The molecule has 0 amide bonds. The molecule has 0 bridgehead atoms. The smallest absolute Gasteiger partial charge is 0.297 e. The fourth-order valence-electron chi connectivity index (χ4n) is 1.27. The van der Waals surface area contributed by atoms with E-state index in [1.165, 1.54) is 6.07 Å². The minimum Gasteiger partial charge on any atom is -0.396 e. The van der Waals surface area contributed by atoms with Crippen LogP contribution in [-0.2, 0) is 0 Å². The number of anilines is 2. The largest absolute Gasteiger partial charge is 0.396 e. The van der Waals surface area contributed by atoms with E-state index in [1.807, 2.05) is 0 Å². The average molecular weight is 216 g/mol. The summed E-state index contributed by atoms with van der Waals surface area (Å²) in [4.78, 5) is 10.3. The van der Waals surface area contributed by atoms with Crippen LogP contribution in [0.3, 0.4) is 0 Å². The Labute approximate surface area is 86.0 Å². The number of aryl methyl sites for hydroxylation is 1. The predicted molar refractivity (Wildman–Crippen MR) is 56.8 cm³/mol. The number of nitrogens with zero attached hydrogens (tertiary/aromatic N) is 1. The zero-order valence-corrected chi connectivity index (χ0v) is 8.55. The molecule has 5 nitrogen and oxygen atoms in total. The molecule has 0 saturated heterocycles. The molecule has 0 spiro atoms. The molecule has 1 rings (SSSR count). The zero-order chi connectivity index (χ0) is 10.9. The molecular formula is C8H10ClN3O2. The SMILES string of the molecule is CNc1c(N)c(Cl)cc(C)c1[N+](=O)[O-]. The number of nitro benzene ring substituents is 1. The van der Waals surface area contributed by atoms with Gasteiger partial charge in [-0.2, -0.15) is 0 Å². The Hall–Kier alpha value is -1.49. The van der Waals surface area contributed by atoms with Gasteiger partial charge in [-0.25, -0.2) is 0 Å². The molecule has 0 aliphatic rings. The van der Waals surface area contributed by atoms with Crippen molar-refractivity contribution in [3.8, 4) is 0 Å². The molecule has 0 aliphatic heterocycles. The summed E-state index contributed by atoms with van der Waals surface area (Å²) in [6.07, 6.45) is 0. The Bertz CT molecular complexity index is 393.